The largest absolute Gasteiger partial charge is 0.502 e. The maximum Gasteiger partial charge on any atom is 0.460 e. The van der Waals surface area contributed by atoms with Gasteiger partial charge in [0.25, 0.3) is 0 Å². The third-order valence-electron chi connectivity index (χ3n) is 10.3. The van der Waals surface area contributed by atoms with Gasteiger partial charge >= 0.3 is 35.8 Å². The zero-order valence-corrected chi connectivity index (χ0v) is 29.4. The number of nitrogens with zero attached hydrogens (tertiary/aromatic N) is 1. The average molecular weight is 769 g/mol. The molecule has 2 fully saturated rings. The number of ether oxygens (including phenoxy) is 1. The summed E-state index contributed by atoms with van der Waals surface area (Å²) in [6.45, 7) is 5.33. The highest BCUT2D eigenvalue weighted by Crippen LogP contribution is 2.63. The van der Waals surface area contributed by atoms with Crippen molar-refractivity contribution in [3.05, 3.63) is 66.5 Å². The van der Waals surface area contributed by atoms with E-state index in [1.807, 2.05) is 36.4 Å². The SMILES string of the molecule is CCCC[N+](C)(C)CC1CC(/C=C/C2CC(/C=C\OCC)C(C(F)(F)C(F)(F)C(F)(F)C(F)(F)C(F)(F)C(F)(F)F)C2)CC1/C=C\c1ccccc1. The molecule has 0 aromatic heterocycles. The first kappa shape index (κ1) is 43.7. The molecule has 2 aliphatic rings. The Kier molecular flexibility index (Phi) is 13.7. The number of benzene rings is 1. The average Bonchev–Trinajstić information content (AvgIpc) is 3.64. The van der Waals surface area contributed by atoms with Crippen molar-refractivity contribution in [2.75, 3.05) is 33.8 Å². The Morgan fingerprint density at radius 2 is 1.23 bits per heavy atom. The molecule has 0 bridgehead atoms. The number of hydrogen-bond acceptors (Lipinski definition) is 1. The second-order valence-corrected chi connectivity index (χ2v) is 14.7. The molecule has 3 rings (SSSR count). The molecule has 0 aliphatic heterocycles. The van der Waals surface area contributed by atoms with E-state index in [0.717, 1.165) is 48.3 Å². The van der Waals surface area contributed by atoms with Crippen LogP contribution in [0, 0.1) is 35.5 Å². The predicted octanol–water partition coefficient (Wildman–Crippen LogP) is 11.7. The number of unbranched alkanes of at least 4 members (excludes halogenated alkanes) is 1. The molecule has 0 N–H and O–H groups in total. The fourth-order valence-corrected chi connectivity index (χ4v) is 7.40. The van der Waals surface area contributed by atoms with Gasteiger partial charge in [0.2, 0.25) is 0 Å². The Labute approximate surface area is 296 Å². The zero-order valence-electron chi connectivity index (χ0n) is 29.4. The van der Waals surface area contributed by atoms with Gasteiger partial charge in [0.1, 0.15) is 0 Å². The maximum absolute atomic E-state index is 15.5. The van der Waals surface area contributed by atoms with Crippen LogP contribution in [0.15, 0.2) is 60.9 Å². The quantitative estimate of drug-likeness (QED) is 0.0664. The van der Waals surface area contributed by atoms with Crippen molar-refractivity contribution in [1.29, 1.82) is 0 Å². The second-order valence-electron chi connectivity index (χ2n) is 14.7. The lowest BCUT2D eigenvalue weighted by atomic mass is 9.82. The van der Waals surface area contributed by atoms with Crippen LogP contribution in [-0.2, 0) is 4.74 Å². The monoisotopic (exact) mass is 768 g/mol. The van der Waals surface area contributed by atoms with E-state index in [-0.39, 0.29) is 30.8 Å². The molecule has 2 nitrogen and oxygen atoms in total. The summed E-state index contributed by atoms with van der Waals surface area (Å²) in [5.74, 6) is -42.2. The van der Waals surface area contributed by atoms with E-state index in [0.29, 0.717) is 12.8 Å². The predicted molar refractivity (Wildman–Crippen MR) is 172 cm³/mol. The van der Waals surface area contributed by atoms with Gasteiger partial charge < -0.3 is 9.22 Å². The molecular formula is C37H47F13NO+. The van der Waals surface area contributed by atoms with E-state index in [4.69, 9.17) is 4.74 Å². The summed E-state index contributed by atoms with van der Waals surface area (Å²) in [7, 11) is 4.26. The highest BCUT2D eigenvalue weighted by molar-refractivity contribution is 5.49. The molecule has 1 aromatic rings. The fourth-order valence-electron chi connectivity index (χ4n) is 7.40. The number of halogens is 13. The minimum Gasteiger partial charge on any atom is -0.502 e. The smallest absolute Gasteiger partial charge is 0.460 e. The summed E-state index contributed by atoms with van der Waals surface area (Å²) in [6, 6.07) is 9.59. The molecule has 2 aliphatic carbocycles. The Hall–Kier alpha value is -2.71. The number of rotatable bonds is 17. The summed E-state index contributed by atoms with van der Waals surface area (Å²) in [4.78, 5) is 0. The van der Waals surface area contributed by atoms with Gasteiger partial charge in [-0.1, -0.05) is 68.0 Å². The Morgan fingerprint density at radius 3 is 1.79 bits per heavy atom. The standard InChI is InChI=1S/C37H47F13NO/c1-5-7-18-51(3,4)24-30-22-26(20-28(30)16-15-25-11-9-8-10-12-25)13-14-27-21-29(17-19-52-6-2)31(23-27)32(38,39)33(40,41)34(42,43)35(44,45)36(46,47)37(48,49)50/h8-17,19,26-31H,5-7,18,20-24H2,1-4H3/q+1/b14-13+,16-15-,19-17-. The van der Waals surface area contributed by atoms with Crippen LogP contribution in [0.1, 0.15) is 57.9 Å². The van der Waals surface area contributed by atoms with Crippen LogP contribution in [0.2, 0.25) is 0 Å². The van der Waals surface area contributed by atoms with Crippen molar-refractivity contribution >= 4 is 6.08 Å². The highest BCUT2D eigenvalue weighted by Gasteiger charge is 2.91. The van der Waals surface area contributed by atoms with Crippen molar-refractivity contribution in [1.82, 2.24) is 0 Å². The van der Waals surface area contributed by atoms with Gasteiger partial charge in [-0.05, 0) is 74.3 Å². The van der Waals surface area contributed by atoms with E-state index in [9.17, 15) is 48.3 Å². The zero-order chi connectivity index (χ0) is 39.4. The van der Waals surface area contributed by atoms with Crippen LogP contribution in [0.4, 0.5) is 57.1 Å². The minimum atomic E-state index is -7.92. The van der Waals surface area contributed by atoms with E-state index in [2.05, 4.69) is 27.1 Å². The summed E-state index contributed by atoms with van der Waals surface area (Å²) < 4.78 is 188. The van der Waals surface area contributed by atoms with Crippen LogP contribution in [0.3, 0.4) is 0 Å². The molecule has 1 aromatic carbocycles. The molecule has 0 radical (unpaired) electrons. The van der Waals surface area contributed by atoms with Crippen LogP contribution in [0.25, 0.3) is 6.08 Å². The lowest BCUT2D eigenvalue weighted by Gasteiger charge is -2.42. The number of quaternary nitrogens is 1. The third kappa shape index (κ3) is 9.14. The van der Waals surface area contributed by atoms with E-state index < -0.39 is 60.0 Å². The Balaban J connectivity index is 1.90. The van der Waals surface area contributed by atoms with Crippen molar-refractivity contribution < 1.29 is 66.3 Å². The maximum atomic E-state index is 15.5. The molecule has 2 saturated carbocycles. The van der Waals surface area contributed by atoms with Crippen molar-refractivity contribution in [3.8, 4) is 0 Å². The van der Waals surface area contributed by atoms with Gasteiger partial charge in [-0.15, -0.1) is 0 Å². The van der Waals surface area contributed by atoms with Gasteiger partial charge in [0, 0.05) is 11.8 Å². The topological polar surface area (TPSA) is 9.23 Å². The molecule has 0 heterocycles. The van der Waals surface area contributed by atoms with Gasteiger partial charge in [-0.2, -0.15) is 57.1 Å². The normalized spacial score (nSPS) is 26.0. The van der Waals surface area contributed by atoms with Crippen LogP contribution in [-0.4, -0.2) is 74.1 Å². The Bertz CT molecular complexity index is 1370. The summed E-state index contributed by atoms with van der Waals surface area (Å²) in [6.07, 6.45) is 3.69. The van der Waals surface area contributed by atoms with E-state index in [1.54, 1.807) is 6.08 Å². The lowest BCUT2D eigenvalue weighted by Crippen LogP contribution is -2.71. The lowest BCUT2D eigenvalue weighted by molar-refractivity contribution is -0.894. The van der Waals surface area contributed by atoms with Crippen molar-refractivity contribution in [2.24, 2.45) is 35.5 Å². The van der Waals surface area contributed by atoms with Gasteiger partial charge in [0.05, 0.1) is 40.1 Å². The molecule has 0 spiro atoms. The Morgan fingerprint density at radius 1 is 0.673 bits per heavy atom. The van der Waals surface area contributed by atoms with Crippen molar-refractivity contribution in [2.45, 2.75) is 88.2 Å². The molecular weight excluding hydrogens is 721 g/mol. The summed E-state index contributed by atoms with van der Waals surface area (Å²) >= 11 is 0. The number of allylic oxidation sites excluding steroid dienone is 4. The molecule has 296 valence electrons. The fraction of sp³-hybridized carbons (Fsp3) is 0.676. The van der Waals surface area contributed by atoms with Crippen LogP contribution < -0.4 is 0 Å². The van der Waals surface area contributed by atoms with E-state index >= 15 is 8.78 Å². The van der Waals surface area contributed by atoms with Gasteiger partial charge in [0.15, 0.2) is 0 Å². The van der Waals surface area contributed by atoms with Crippen LogP contribution in [0.5, 0.6) is 0 Å². The molecule has 6 unspecified atom stereocenters. The molecule has 0 saturated heterocycles. The third-order valence-corrected chi connectivity index (χ3v) is 10.3. The highest BCUT2D eigenvalue weighted by atomic mass is 19.4. The van der Waals surface area contributed by atoms with Crippen LogP contribution >= 0.6 is 0 Å². The molecule has 15 heteroatoms. The minimum absolute atomic E-state index is 0.0166. The summed E-state index contributed by atoms with van der Waals surface area (Å²) in [5, 5.41) is 0. The number of hydrogen-bond donors (Lipinski definition) is 0. The first-order valence-electron chi connectivity index (χ1n) is 17.3. The second kappa shape index (κ2) is 16.3. The molecule has 0 amide bonds. The first-order chi connectivity index (χ1) is 23.9. The van der Waals surface area contributed by atoms with E-state index in [1.165, 1.54) is 13.0 Å². The number of alkyl halides is 13. The van der Waals surface area contributed by atoms with Gasteiger partial charge in [-0.25, -0.2) is 0 Å². The summed E-state index contributed by atoms with van der Waals surface area (Å²) in [5.41, 5.74) is 0.992. The van der Waals surface area contributed by atoms with Crippen molar-refractivity contribution in [3.63, 3.8) is 0 Å². The van der Waals surface area contributed by atoms with Gasteiger partial charge in [-0.3, -0.25) is 0 Å². The molecule has 6 atom stereocenters. The first-order valence-corrected chi connectivity index (χ1v) is 17.3. The molecule has 52 heavy (non-hydrogen) atoms.